The highest BCUT2D eigenvalue weighted by atomic mass is 79.9. The summed E-state index contributed by atoms with van der Waals surface area (Å²) in [5.41, 5.74) is 0.0760. The first kappa shape index (κ1) is 24.5. The van der Waals surface area contributed by atoms with Crippen LogP contribution in [0.3, 0.4) is 0 Å². The maximum absolute atomic E-state index is 13.9. The number of likely N-dealkylation sites (tertiary alicyclic amines) is 1. The number of benzene rings is 1. The molecular formula is C24H23BrF3N5O3. The number of carbonyl (C=O) groups is 1. The molecule has 1 saturated carbocycles. The Morgan fingerprint density at radius 2 is 1.94 bits per heavy atom. The van der Waals surface area contributed by atoms with Gasteiger partial charge in [0.05, 0.1) is 41.9 Å². The predicted octanol–water partition coefficient (Wildman–Crippen LogP) is 4.53. The van der Waals surface area contributed by atoms with Gasteiger partial charge in [0.2, 0.25) is 5.88 Å². The van der Waals surface area contributed by atoms with Crippen molar-refractivity contribution in [3.05, 3.63) is 60.0 Å². The van der Waals surface area contributed by atoms with Gasteiger partial charge in [0, 0.05) is 23.6 Å². The zero-order valence-electron chi connectivity index (χ0n) is 19.2. The van der Waals surface area contributed by atoms with Gasteiger partial charge in [-0.3, -0.25) is 4.79 Å². The van der Waals surface area contributed by atoms with Crippen molar-refractivity contribution in [1.29, 1.82) is 0 Å². The Hall–Kier alpha value is -3.15. The first-order valence-electron chi connectivity index (χ1n) is 11.5. The van der Waals surface area contributed by atoms with E-state index in [2.05, 4.69) is 31.1 Å². The smallest absolute Gasteiger partial charge is 0.417 e. The van der Waals surface area contributed by atoms with Crippen molar-refractivity contribution >= 4 is 21.8 Å². The summed E-state index contributed by atoms with van der Waals surface area (Å²) in [4.78, 5) is 21.0. The summed E-state index contributed by atoms with van der Waals surface area (Å²) in [5, 5.41) is 9.01. The number of piperidine rings is 1. The van der Waals surface area contributed by atoms with E-state index in [1.165, 1.54) is 23.3 Å². The Labute approximate surface area is 213 Å². The van der Waals surface area contributed by atoms with Crippen molar-refractivity contribution in [2.45, 2.75) is 44.1 Å². The van der Waals surface area contributed by atoms with E-state index < -0.39 is 11.7 Å². The van der Waals surface area contributed by atoms with Crippen LogP contribution in [0.4, 0.5) is 13.2 Å². The number of rotatable bonds is 7. The molecule has 1 aliphatic carbocycles. The van der Waals surface area contributed by atoms with E-state index in [0.717, 1.165) is 18.7 Å². The molecule has 190 valence electrons. The van der Waals surface area contributed by atoms with Gasteiger partial charge in [0.25, 0.3) is 5.91 Å². The third-order valence-electron chi connectivity index (χ3n) is 6.74. The maximum Gasteiger partial charge on any atom is 0.417 e. The Balaban J connectivity index is 1.41. The number of nitrogens with zero attached hydrogens (tertiary/aromatic N) is 5. The molecule has 0 radical (unpaired) electrons. The molecule has 36 heavy (non-hydrogen) atoms. The molecule has 1 aliphatic heterocycles. The second-order valence-corrected chi connectivity index (χ2v) is 9.62. The lowest BCUT2D eigenvalue weighted by molar-refractivity contribution is -0.137. The predicted molar refractivity (Wildman–Crippen MR) is 126 cm³/mol. The van der Waals surface area contributed by atoms with Gasteiger partial charge >= 0.3 is 6.18 Å². The molecule has 0 spiro atoms. The number of aromatic nitrogens is 4. The second-order valence-electron chi connectivity index (χ2n) is 8.83. The Morgan fingerprint density at radius 3 is 2.58 bits per heavy atom. The van der Waals surface area contributed by atoms with Crippen LogP contribution in [0.1, 0.15) is 35.7 Å². The monoisotopic (exact) mass is 565 g/mol. The molecule has 3 aromatic rings. The largest absolute Gasteiger partial charge is 0.493 e. The first-order valence-corrected chi connectivity index (χ1v) is 12.6. The third-order valence-corrected chi connectivity index (χ3v) is 7.06. The van der Waals surface area contributed by atoms with Gasteiger partial charge in [-0.1, -0.05) is 15.9 Å². The van der Waals surface area contributed by atoms with Gasteiger partial charge in [0.15, 0.2) is 0 Å². The van der Waals surface area contributed by atoms with Crippen LogP contribution in [0, 0.1) is 5.92 Å². The number of ether oxygens (including phenoxy) is 2. The SMILES string of the molecule is CC1C2CC(Oc3ccc(C(F)(F)F)cn3)C(C2)N1C(=O)c1cc(OCCBr)ccc1-n1nccn1. The van der Waals surface area contributed by atoms with E-state index in [9.17, 15) is 18.0 Å². The van der Waals surface area contributed by atoms with E-state index in [1.807, 2.05) is 6.92 Å². The minimum Gasteiger partial charge on any atom is -0.493 e. The molecule has 2 aliphatic rings. The number of hydrogen-bond donors (Lipinski definition) is 0. The second kappa shape index (κ2) is 9.72. The van der Waals surface area contributed by atoms with Gasteiger partial charge in [-0.2, -0.15) is 28.2 Å². The van der Waals surface area contributed by atoms with Crippen LogP contribution in [-0.4, -0.2) is 60.9 Å². The lowest BCUT2D eigenvalue weighted by Gasteiger charge is -2.38. The molecule has 12 heteroatoms. The Bertz CT molecular complexity index is 1220. The van der Waals surface area contributed by atoms with Crippen LogP contribution < -0.4 is 9.47 Å². The molecule has 1 amide bonds. The van der Waals surface area contributed by atoms with E-state index in [-0.39, 0.29) is 35.9 Å². The zero-order chi connectivity index (χ0) is 25.4. The van der Waals surface area contributed by atoms with Crippen LogP contribution >= 0.6 is 15.9 Å². The fraction of sp³-hybridized carbons (Fsp3) is 0.417. The number of fused-ring (bicyclic) bond motifs is 2. The van der Waals surface area contributed by atoms with E-state index in [1.54, 1.807) is 23.1 Å². The van der Waals surface area contributed by atoms with Crippen molar-refractivity contribution in [3.63, 3.8) is 0 Å². The van der Waals surface area contributed by atoms with Crippen molar-refractivity contribution in [2.75, 3.05) is 11.9 Å². The molecule has 0 N–H and O–H groups in total. The van der Waals surface area contributed by atoms with Crippen molar-refractivity contribution in [1.82, 2.24) is 24.9 Å². The van der Waals surface area contributed by atoms with Crippen LogP contribution in [0.15, 0.2) is 48.9 Å². The number of pyridine rings is 1. The summed E-state index contributed by atoms with van der Waals surface area (Å²) in [6, 6.07) is 7.09. The summed E-state index contributed by atoms with van der Waals surface area (Å²) >= 11 is 3.33. The highest BCUT2D eigenvalue weighted by Gasteiger charge is 2.53. The molecule has 5 rings (SSSR count). The summed E-state index contributed by atoms with van der Waals surface area (Å²) in [6.07, 6.45) is 0.419. The maximum atomic E-state index is 13.9. The van der Waals surface area contributed by atoms with E-state index >= 15 is 0 Å². The molecule has 2 aromatic heterocycles. The Morgan fingerprint density at radius 1 is 1.17 bits per heavy atom. The van der Waals surface area contributed by atoms with Crippen LogP contribution in [-0.2, 0) is 6.18 Å². The van der Waals surface area contributed by atoms with Crippen molar-refractivity contribution in [2.24, 2.45) is 5.92 Å². The topological polar surface area (TPSA) is 82.4 Å². The minimum atomic E-state index is -4.47. The van der Waals surface area contributed by atoms with E-state index in [0.29, 0.717) is 35.4 Å². The third kappa shape index (κ3) is 4.65. The molecule has 1 saturated heterocycles. The van der Waals surface area contributed by atoms with Crippen molar-refractivity contribution < 1.29 is 27.4 Å². The zero-order valence-corrected chi connectivity index (χ0v) is 20.8. The molecule has 4 atom stereocenters. The average Bonchev–Trinajstić information content (AvgIpc) is 3.59. The summed E-state index contributed by atoms with van der Waals surface area (Å²) in [5.74, 6) is 0.650. The van der Waals surface area contributed by atoms with Crippen molar-refractivity contribution in [3.8, 4) is 17.3 Å². The summed E-state index contributed by atoms with van der Waals surface area (Å²) in [6.45, 7) is 2.44. The van der Waals surface area contributed by atoms with Crippen LogP contribution in [0.2, 0.25) is 0 Å². The summed E-state index contributed by atoms with van der Waals surface area (Å²) < 4.78 is 50.3. The molecular weight excluding hydrogens is 543 g/mol. The average molecular weight is 566 g/mol. The molecule has 3 heterocycles. The number of hydrogen-bond acceptors (Lipinski definition) is 6. The number of amides is 1. The van der Waals surface area contributed by atoms with Gasteiger partial charge < -0.3 is 14.4 Å². The summed E-state index contributed by atoms with van der Waals surface area (Å²) in [7, 11) is 0. The first-order chi connectivity index (χ1) is 17.3. The van der Waals surface area contributed by atoms with Gasteiger partial charge in [-0.25, -0.2) is 4.98 Å². The van der Waals surface area contributed by atoms with Gasteiger partial charge in [-0.05, 0) is 49.9 Å². The van der Waals surface area contributed by atoms with Crippen LogP contribution in [0.5, 0.6) is 11.6 Å². The highest BCUT2D eigenvalue weighted by molar-refractivity contribution is 9.09. The van der Waals surface area contributed by atoms with Gasteiger partial charge in [0.1, 0.15) is 11.9 Å². The normalized spacial score (nSPS) is 23.2. The standard InChI is InChI=1S/C24H23BrF3N5O3/c1-14-15-10-20(21(11-15)36-22-5-2-16(13-29-22)24(26,27)28)32(14)23(34)18-12-17(35-9-6-25)3-4-19(18)33-30-7-8-31-33/h2-5,7-8,12-15,20-21H,6,9-11H2,1H3. The molecule has 1 aromatic carbocycles. The molecule has 4 unspecified atom stereocenters. The quantitative estimate of drug-likeness (QED) is 0.391. The lowest BCUT2D eigenvalue weighted by atomic mass is 9.98. The van der Waals surface area contributed by atoms with Crippen LogP contribution in [0.25, 0.3) is 5.69 Å². The fourth-order valence-electron chi connectivity index (χ4n) is 5.05. The lowest BCUT2D eigenvalue weighted by Crippen LogP contribution is -2.51. The highest BCUT2D eigenvalue weighted by Crippen LogP contribution is 2.45. The number of carbonyl (C=O) groups excluding carboxylic acids is 1. The van der Waals surface area contributed by atoms with Gasteiger partial charge in [-0.15, -0.1) is 0 Å². The minimum absolute atomic E-state index is 0.0338. The van der Waals surface area contributed by atoms with E-state index in [4.69, 9.17) is 9.47 Å². The fourth-order valence-corrected chi connectivity index (χ4v) is 5.21. The molecule has 2 fully saturated rings. The number of alkyl halides is 4. The Kier molecular flexibility index (Phi) is 6.62. The number of halogens is 4. The molecule has 8 nitrogen and oxygen atoms in total. The molecule has 2 bridgehead atoms.